The lowest BCUT2D eigenvalue weighted by Crippen LogP contribution is -2.17. The number of aryl methyl sites for hydroxylation is 1. The molecule has 1 amide bonds. The molecular formula is C23H21N3O2. The molecule has 0 atom stereocenters. The van der Waals surface area contributed by atoms with Gasteiger partial charge in [-0.1, -0.05) is 48.5 Å². The highest BCUT2D eigenvalue weighted by atomic mass is 16.3. The van der Waals surface area contributed by atoms with E-state index in [4.69, 9.17) is 4.42 Å². The van der Waals surface area contributed by atoms with Crippen LogP contribution in [0.5, 0.6) is 0 Å². The molecule has 0 spiro atoms. The third kappa shape index (κ3) is 3.34. The molecule has 0 aliphatic rings. The van der Waals surface area contributed by atoms with E-state index in [1.165, 1.54) is 11.8 Å². The first kappa shape index (κ1) is 17.8. The monoisotopic (exact) mass is 371 g/mol. The summed E-state index contributed by atoms with van der Waals surface area (Å²) in [6.45, 7) is 4.61. The Balaban J connectivity index is 1.65. The molecule has 140 valence electrons. The molecule has 4 rings (SSSR count). The van der Waals surface area contributed by atoms with Gasteiger partial charge in [-0.05, 0) is 31.5 Å². The van der Waals surface area contributed by atoms with Crippen molar-refractivity contribution in [1.82, 2.24) is 9.99 Å². The van der Waals surface area contributed by atoms with Crippen molar-refractivity contribution in [1.29, 1.82) is 0 Å². The van der Waals surface area contributed by atoms with Crippen molar-refractivity contribution in [2.45, 2.75) is 20.4 Å². The average molecular weight is 371 g/mol. The summed E-state index contributed by atoms with van der Waals surface area (Å²) in [4.78, 5) is 12.2. The Bertz CT molecular complexity index is 1150. The molecule has 5 heteroatoms. The SMILES string of the molecule is Cc1occc1C(=O)NN=Cc1c(C)n(Cc2ccccc2)c2ccccc12. The summed E-state index contributed by atoms with van der Waals surface area (Å²) in [6, 6.07) is 20.2. The molecule has 0 saturated carbocycles. The minimum atomic E-state index is -0.284. The summed E-state index contributed by atoms with van der Waals surface area (Å²) in [5.41, 5.74) is 7.54. The molecule has 28 heavy (non-hydrogen) atoms. The van der Waals surface area contributed by atoms with Crippen LogP contribution in [0.2, 0.25) is 0 Å². The van der Waals surface area contributed by atoms with E-state index in [1.54, 1.807) is 19.2 Å². The number of aromatic nitrogens is 1. The lowest BCUT2D eigenvalue weighted by Gasteiger charge is -2.08. The van der Waals surface area contributed by atoms with Gasteiger partial charge < -0.3 is 8.98 Å². The number of benzene rings is 2. The predicted octanol–water partition coefficient (Wildman–Crippen LogP) is 4.66. The van der Waals surface area contributed by atoms with E-state index in [9.17, 15) is 4.79 Å². The summed E-state index contributed by atoms with van der Waals surface area (Å²) in [5, 5.41) is 5.30. The molecule has 2 aromatic carbocycles. The first-order valence-corrected chi connectivity index (χ1v) is 9.14. The van der Waals surface area contributed by atoms with Crippen LogP contribution in [-0.4, -0.2) is 16.7 Å². The number of carbonyl (C=O) groups excluding carboxylic acids is 1. The van der Waals surface area contributed by atoms with Gasteiger partial charge in [0.25, 0.3) is 5.91 Å². The van der Waals surface area contributed by atoms with E-state index in [0.29, 0.717) is 11.3 Å². The number of hydrogen-bond acceptors (Lipinski definition) is 3. The number of para-hydroxylation sites is 1. The van der Waals surface area contributed by atoms with Gasteiger partial charge in [0.1, 0.15) is 5.76 Å². The highest BCUT2D eigenvalue weighted by Crippen LogP contribution is 2.25. The van der Waals surface area contributed by atoms with Gasteiger partial charge in [-0.3, -0.25) is 4.79 Å². The molecular weight excluding hydrogens is 350 g/mol. The standard InChI is InChI=1S/C23H21N3O2/c1-16-21(14-24-25-23(27)19-12-13-28-17(19)2)20-10-6-7-11-22(20)26(16)15-18-8-4-3-5-9-18/h3-14H,15H2,1-2H3,(H,25,27). The van der Waals surface area contributed by atoms with Crippen molar-refractivity contribution < 1.29 is 9.21 Å². The zero-order valence-electron chi connectivity index (χ0n) is 15.8. The maximum atomic E-state index is 12.2. The van der Waals surface area contributed by atoms with Crippen LogP contribution in [0, 0.1) is 13.8 Å². The Morgan fingerprint density at radius 1 is 1.07 bits per heavy atom. The van der Waals surface area contributed by atoms with Crippen LogP contribution in [0.3, 0.4) is 0 Å². The molecule has 1 N–H and O–H groups in total. The van der Waals surface area contributed by atoms with Crippen LogP contribution in [0.15, 0.2) is 76.4 Å². The number of hydrogen-bond donors (Lipinski definition) is 1. The molecule has 0 aliphatic carbocycles. The molecule has 0 aliphatic heterocycles. The van der Waals surface area contributed by atoms with Crippen molar-refractivity contribution in [3.05, 3.63) is 95.1 Å². The number of hydrazone groups is 1. The normalized spacial score (nSPS) is 11.4. The lowest BCUT2D eigenvalue weighted by molar-refractivity contribution is 0.0953. The van der Waals surface area contributed by atoms with Gasteiger partial charge in [0, 0.05) is 28.7 Å². The molecule has 0 bridgehead atoms. The Labute approximate surface area is 163 Å². The van der Waals surface area contributed by atoms with Gasteiger partial charge in [0.2, 0.25) is 0 Å². The van der Waals surface area contributed by atoms with E-state index < -0.39 is 0 Å². The topological polar surface area (TPSA) is 59.5 Å². The minimum absolute atomic E-state index is 0.284. The Morgan fingerprint density at radius 2 is 1.82 bits per heavy atom. The van der Waals surface area contributed by atoms with E-state index in [-0.39, 0.29) is 5.91 Å². The van der Waals surface area contributed by atoms with Crippen LogP contribution in [-0.2, 0) is 6.54 Å². The van der Waals surface area contributed by atoms with Gasteiger partial charge >= 0.3 is 0 Å². The molecule has 2 aromatic heterocycles. The van der Waals surface area contributed by atoms with E-state index in [2.05, 4.69) is 46.3 Å². The minimum Gasteiger partial charge on any atom is -0.469 e. The van der Waals surface area contributed by atoms with E-state index in [0.717, 1.165) is 28.7 Å². The highest BCUT2D eigenvalue weighted by Gasteiger charge is 2.13. The molecule has 4 aromatic rings. The quantitative estimate of drug-likeness (QED) is 0.410. The van der Waals surface area contributed by atoms with Gasteiger partial charge in [-0.2, -0.15) is 5.10 Å². The van der Waals surface area contributed by atoms with Gasteiger partial charge in [0.15, 0.2) is 0 Å². The summed E-state index contributed by atoms with van der Waals surface area (Å²) in [6.07, 6.45) is 3.21. The fourth-order valence-corrected chi connectivity index (χ4v) is 3.43. The summed E-state index contributed by atoms with van der Waals surface area (Å²) in [7, 11) is 0. The number of nitrogens with one attached hydrogen (secondary N) is 1. The first-order chi connectivity index (χ1) is 13.6. The maximum absolute atomic E-state index is 12.2. The molecule has 0 saturated heterocycles. The summed E-state index contributed by atoms with van der Waals surface area (Å²) in [5.74, 6) is 0.288. The highest BCUT2D eigenvalue weighted by molar-refractivity contribution is 6.02. The van der Waals surface area contributed by atoms with Crippen LogP contribution < -0.4 is 5.43 Å². The third-order valence-corrected chi connectivity index (χ3v) is 4.93. The van der Waals surface area contributed by atoms with Crippen LogP contribution >= 0.6 is 0 Å². The Kier molecular flexibility index (Phi) is 4.81. The molecule has 0 radical (unpaired) electrons. The number of rotatable bonds is 5. The van der Waals surface area contributed by atoms with Crippen molar-refractivity contribution in [2.75, 3.05) is 0 Å². The molecule has 0 fully saturated rings. The summed E-state index contributed by atoms with van der Waals surface area (Å²) >= 11 is 0. The van der Waals surface area contributed by atoms with E-state index in [1.807, 2.05) is 30.3 Å². The number of amides is 1. The first-order valence-electron chi connectivity index (χ1n) is 9.14. The molecule has 5 nitrogen and oxygen atoms in total. The zero-order valence-corrected chi connectivity index (χ0v) is 15.8. The van der Waals surface area contributed by atoms with Gasteiger partial charge in [-0.25, -0.2) is 5.43 Å². The Morgan fingerprint density at radius 3 is 2.57 bits per heavy atom. The van der Waals surface area contributed by atoms with Crippen molar-refractivity contribution in [3.63, 3.8) is 0 Å². The largest absolute Gasteiger partial charge is 0.469 e. The van der Waals surface area contributed by atoms with Crippen molar-refractivity contribution in [2.24, 2.45) is 5.10 Å². The van der Waals surface area contributed by atoms with Crippen molar-refractivity contribution >= 4 is 23.0 Å². The number of furan rings is 1. The predicted molar refractivity (Wildman–Crippen MR) is 111 cm³/mol. The second-order valence-electron chi connectivity index (χ2n) is 6.68. The number of carbonyl (C=O) groups is 1. The van der Waals surface area contributed by atoms with Gasteiger partial charge in [-0.15, -0.1) is 0 Å². The van der Waals surface area contributed by atoms with Crippen LogP contribution in [0.1, 0.15) is 32.9 Å². The van der Waals surface area contributed by atoms with Crippen LogP contribution in [0.25, 0.3) is 10.9 Å². The molecule has 2 heterocycles. The second kappa shape index (κ2) is 7.56. The maximum Gasteiger partial charge on any atom is 0.274 e. The number of nitrogens with zero attached hydrogens (tertiary/aromatic N) is 2. The second-order valence-corrected chi connectivity index (χ2v) is 6.68. The third-order valence-electron chi connectivity index (χ3n) is 4.93. The van der Waals surface area contributed by atoms with Crippen molar-refractivity contribution in [3.8, 4) is 0 Å². The van der Waals surface area contributed by atoms with Gasteiger partial charge in [0.05, 0.1) is 18.0 Å². The summed E-state index contributed by atoms with van der Waals surface area (Å²) < 4.78 is 7.44. The average Bonchev–Trinajstić information content (AvgIpc) is 3.25. The smallest absolute Gasteiger partial charge is 0.274 e. The molecule has 0 unspecified atom stereocenters. The van der Waals surface area contributed by atoms with E-state index >= 15 is 0 Å². The fraction of sp³-hybridized carbons (Fsp3) is 0.130. The lowest BCUT2D eigenvalue weighted by atomic mass is 10.1. The Hall–Kier alpha value is -3.60. The van der Waals surface area contributed by atoms with Crippen LogP contribution in [0.4, 0.5) is 0 Å². The zero-order chi connectivity index (χ0) is 19.5. The fourth-order valence-electron chi connectivity index (χ4n) is 3.43. The number of fused-ring (bicyclic) bond motifs is 1.